The molecule has 0 aliphatic carbocycles. The van der Waals surface area contributed by atoms with E-state index < -0.39 is 0 Å². The third-order valence-corrected chi connectivity index (χ3v) is 1.61. The Bertz CT molecular complexity index is 231. The Hall–Kier alpha value is -1.32. The van der Waals surface area contributed by atoms with Crippen LogP contribution in [-0.4, -0.2) is 24.8 Å². The molecule has 4 nitrogen and oxygen atoms in total. The summed E-state index contributed by atoms with van der Waals surface area (Å²) in [5.74, 6) is 0. The van der Waals surface area contributed by atoms with E-state index in [1.165, 1.54) is 0 Å². The molecule has 1 atom stereocenters. The Morgan fingerprint density at radius 2 is 2.60 bits per heavy atom. The lowest BCUT2D eigenvalue weighted by Gasteiger charge is -2.17. The van der Waals surface area contributed by atoms with Gasteiger partial charge in [0.2, 0.25) is 0 Å². The van der Waals surface area contributed by atoms with E-state index in [1.807, 2.05) is 0 Å². The molecular weight excluding hydrogens is 130 g/mol. The molecule has 2 heterocycles. The SMILES string of the molecule is O=C1NC=C2C=NCC2N1. The number of nitrogens with one attached hydrogen (secondary N) is 2. The summed E-state index contributed by atoms with van der Waals surface area (Å²) in [6.45, 7) is 0.680. The number of fused-ring (bicyclic) bond motifs is 1. The summed E-state index contributed by atoms with van der Waals surface area (Å²) in [6.07, 6.45) is 3.47. The Labute approximate surface area is 58.0 Å². The number of carbonyl (C=O) groups excluding carboxylic acids is 1. The Kier molecular flexibility index (Phi) is 1.00. The zero-order chi connectivity index (χ0) is 6.97. The minimum Gasteiger partial charge on any atom is -0.329 e. The molecule has 0 aromatic rings. The van der Waals surface area contributed by atoms with Crippen LogP contribution in [0.4, 0.5) is 4.79 Å². The van der Waals surface area contributed by atoms with Crippen molar-refractivity contribution >= 4 is 12.2 Å². The van der Waals surface area contributed by atoms with Gasteiger partial charge in [-0.3, -0.25) is 4.99 Å². The number of nitrogens with zero attached hydrogens (tertiary/aromatic N) is 1. The van der Waals surface area contributed by atoms with Crippen molar-refractivity contribution in [1.82, 2.24) is 10.6 Å². The number of carbonyl (C=O) groups is 1. The highest BCUT2D eigenvalue weighted by Gasteiger charge is 2.22. The van der Waals surface area contributed by atoms with E-state index in [2.05, 4.69) is 15.6 Å². The Morgan fingerprint density at radius 3 is 3.50 bits per heavy atom. The van der Waals surface area contributed by atoms with Crippen molar-refractivity contribution in [1.29, 1.82) is 0 Å². The van der Waals surface area contributed by atoms with Crippen molar-refractivity contribution in [3.05, 3.63) is 11.8 Å². The molecule has 2 N–H and O–H groups in total. The van der Waals surface area contributed by atoms with E-state index in [4.69, 9.17) is 0 Å². The van der Waals surface area contributed by atoms with Crippen LogP contribution in [0.25, 0.3) is 0 Å². The average molecular weight is 137 g/mol. The third kappa shape index (κ3) is 0.689. The van der Waals surface area contributed by atoms with Gasteiger partial charge in [-0.2, -0.15) is 0 Å². The Morgan fingerprint density at radius 1 is 1.70 bits per heavy atom. The molecule has 0 spiro atoms. The van der Waals surface area contributed by atoms with Gasteiger partial charge in [-0.05, 0) is 0 Å². The van der Waals surface area contributed by atoms with Crippen molar-refractivity contribution in [3.63, 3.8) is 0 Å². The monoisotopic (exact) mass is 137 g/mol. The lowest BCUT2D eigenvalue weighted by atomic mass is 10.1. The van der Waals surface area contributed by atoms with Crippen LogP contribution in [-0.2, 0) is 0 Å². The predicted molar refractivity (Wildman–Crippen MR) is 36.9 cm³/mol. The second-order valence-corrected chi connectivity index (χ2v) is 2.31. The minimum atomic E-state index is -0.140. The predicted octanol–water partition coefficient (Wildman–Crippen LogP) is -0.364. The van der Waals surface area contributed by atoms with Crippen LogP contribution in [0.1, 0.15) is 0 Å². The molecule has 2 rings (SSSR count). The molecule has 2 aliphatic heterocycles. The second kappa shape index (κ2) is 1.83. The van der Waals surface area contributed by atoms with Gasteiger partial charge in [0.15, 0.2) is 0 Å². The number of hydrogen-bond donors (Lipinski definition) is 2. The van der Waals surface area contributed by atoms with E-state index in [-0.39, 0.29) is 12.1 Å². The van der Waals surface area contributed by atoms with E-state index in [9.17, 15) is 4.79 Å². The van der Waals surface area contributed by atoms with Gasteiger partial charge in [-0.1, -0.05) is 0 Å². The maximum absolute atomic E-state index is 10.7. The van der Waals surface area contributed by atoms with E-state index >= 15 is 0 Å². The summed E-state index contributed by atoms with van der Waals surface area (Å²) in [4.78, 5) is 14.7. The number of hydrogen-bond acceptors (Lipinski definition) is 2. The van der Waals surface area contributed by atoms with Crippen LogP contribution < -0.4 is 10.6 Å². The van der Waals surface area contributed by atoms with E-state index in [0.717, 1.165) is 5.57 Å². The topological polar surface area (TPSA) is 53.5 Å². The number of urea groups is 1. The first-order valence-electron chi connectivity index (χ1n) is 3.13. The fourth-order valence-corrected chi connectivity index (χ4v) is 1.07. The van der Waals surface area contributed by atoms with Crippen LogP contribution in [0, 0.1) is 0 Å². The molecule has 2 aliphatic rings. The number of rotatable bonds is 0. The molecule has 0 saturated heterocycles. The quantitative estimate of drug-likeness (QED) is 0.470. The van der Waals surface area contributed by atoms with Crippen LogP contribution >= 0.6 is 0 Å². The van der Waals surface area contributed by atoms with Crippen molar-refractivity contribution < 1.29 is 4.79 Å². The first kappa shape index (κ1) is 5.46. The minimum absolute atomic E-state index is 0.119. The highest BCUT2D eigenvalue weighted by molar-refractivity contribution is 5.88. The van der Waals surface area contributed by atoms with Crippen LogP contribution in [0.5, 0.6) is 0 Å². The molecule has 0 radical (unpaired) electrons. The summed E-state index contributed by atoms with van der Waals surface area (Å²) in [7, 11) is 0. The van der Waals surface area contributed by atoms with E-state index in [1.54, 1.807) is 12.4 Å². The number of aliphatic imine (C=N–C) groups is 1. The first-order valence-corrected chi connectivity index (χ1v) is 3.13. The average Bonchev–Trinajstić information content (AvgIpc) is 2.33. The van der Waals surface area contributed by atoms with Crippen LogP contribution in [0.15, 0.2) is 16.8 Å². The zero-order valence-corrected chi connectivity index (χ0v) is 5.29. The maximum Gasteiger partial charge on any atom is 0.319 e. The molecule has 4 heteroatoms. The van der Waals surface area contributed by atoms with Gasteiger partial charge >= 0.3 is 6.03 Å². The largest absolute Gasteiger partial charge is 0.329 e. The number of amides is 2. The third-order valence-electron chi connectivity index (χ3n) is 1.61. The normalized spacial score (nSPS) is 28.6. The second-order valence-electron chi connectivity index (χ2n) is 2.31. The lowest BCUT2D eigenvalue weighted by Crippen LogP contribution is -2.45. The molecule has 10 heavy (non-hydrogen) atoms. The van der Waals surface area contributed by atoms with E-state index in [0.29, 0.717) is 6.54 Å². The van der Waals surface area contributed by atoms with Crippen LogP contribution in [0.3, 0.4) is 0 Å². The van der Waals surface area contributed by atoms with Gasteiger partial charge in [-0.15, -0.1) is 0 Å². The van der Waals surface area contributed by atoms with Gasteiger partial charge in [0.25, 0.3) is 0 Å². The zero-order valence-electron chi connectivity index (χ0n) is 5.29. The molecular formula is C6H7N3O. The highest BCUT2D eigenvalue weighted by atomic mass is 16.2. The van der Waals surface area contributed by atoms with Gasteiger partial charge in [0.05, 0.1) is 12.6 Å². The maximum atomic E-state index is 10.7. The first-order chi connectivity index (χ1) is 4.86. The summed E-state index contributed by atoms with van der Waals surface area (Å²) < 4.78 is 0. The van der Waals surface area contributed by atoms with Gasteiger partial charge in [0, 0.05) is 18.0 Å². The van der Waals surface area contributed by atoms with Crippen molar-refractivity contribution in [2.24, 2.45) is 4.99 Å². The highest BCUT2D eigenvalue weighted by Crippen LogP contribution is 2.08. The molecule has 0 aromatic carbocycles. The summed E-state index contributed by atoms with van der Waals surface area (Å²) in [5, 5.41) is 5.29. The molecule has 0 bridgehead atoms. The lowest BCUT2D eigenvalue weighted by molar-refractivity contribution is 0.240. The van der Waals surface area contributed by atoms with Crippen molar-refractivity contribution in [3.8, 4) is 0 Å². The van der Waals surface area contributed by atoms with Gasteiger partial charge < -0.3 is 10.6 Å². The fourth-order valence-electron chi connectivity index (χ4n) is 1.07. The van der Waals surface area contributed by atoms with Gasteiger partial charge in [-0.25, -0.2) is 4.79 Å². The summed E-state index contributed by atoms with van der Waals surface area (Å²) >= 11 is 0. The van der Waals surface area contributed by atoms with Gasteiger partial charge in [0.1, 0.15) is 0 Å². The van der Waals surface area contributed by atoms with Crippen molar-refractivity contribution in [2.75, 3.05) is 6.54 Å². The fraction of sp³-hybridized carbons (Fsp3) is 0.333. The molecule has 52 valence electrons. The molecule has 0 fully saturated rings. The Balaban J connectivity index is 2.25. The molecule has 0 saturated carbocycles. The standard InChI is InChI=1S/C6H7N3O/c10-6-8-2-4-1-7-3-5(4)9-6/h1-2,5H,3H2,(H2,8,9,10). The molecule has 2 amide bonds. The summed E-state index contributed by atoms with van der Waals surface area (Å²) in [6, 6.07) is -0.0204. The smallest absolute Gasteiger partial charge is 0.319 e. The molecule has 0 aromatic heterocycles. The van der Waals surface area contributed by atoms with Crippen LogP contribution in [0.2, 0.25) is 0 Å². The van der Waals surface area contributed by atoms with Crippen molar-refractivity contribution in [2.45, 2.75) is 6.04 Å². The summed E-state index contributed by atoms with van der Waals surface area (Å²) in [5.41, 5.74) is 1.06. The molecule has 1 unspecified atom stereocenters.